The van der Waals surface area contributed by atoms with Crippen LogP contribution in [0.4, 0.5) is 0 Å². The minimum absolute atomic E-state index is 0.0448. The predicted molar refractivity (Wildman–Crippen MR) is 55.1 cm³/mol. The van der Waals surface area contributed by atoms with Crippen molar-refractivity contribution in [1.82, 2.24) is 0 Å². The first-order valence-electron chi connectivity index (χ1n) is 5.25. The van der Waals surface area contributed by atoms with E-state index in [1.807, 2.05) is 0 Å². The lowest BCUT2D eigenvalue weighted by Gasteiger charge is -2.28. The van der Waals surface area contributed by atoms with Crippen LogP contribution >= 0.6 is 0 Å². The molecule has 1 N–H and O–H groups in total. The van der Waals surface area contributed by atoms with Crippen molar-refractivity contribution in [2.24, 2.45) is 5.92 Å². The molecule has 2 aliphatic rings. The minimum atomic E-state index is -1.96. The molecular formula is C11H12O7. The number of hydrogen-bond donors (Lipinski definition) is 1. The summed E-state index contributed by atoms with van der Waals surface area (Å²) >= 11 is 0. The number of methoxy groups -OCH3 is 2. The molecule has 0 aromatic carbocycles. The lowest BCUT2D eigenvalue weighted by atomic mass is 9.76. The van der Waals surface area contributed by atoms with Crippen molar-refractivity contribution >= 4 is 17.9 Å². The third-order valence-electron chi connectivity index (χ3n) is 3.22. The third kappa shape index (κ3) is 1.51. The molecule has 1 heterocycles. The fourth-order valence-electron chi connectivity index (χ4n) is 2.26. The van der Waals surface area contributed by atoms with E-state index < -0.39 is 35.5 Å². The van der Waals surface area contributed by atoms with Gasteiger partial charge in [-0.05, 0) is 0 Å². The Kier molecular flexibility index (Phi) is 2.86. The Morgan fingerprint density at radius 1 is 1.44 bits per heavy atom. The first-order chi connectivity index (χ1) is 8.45. The number of esters is 3. The van der Waals surface area contributed by atoms with E-state index in [0.717, 1.165) is 7.11 Å². The molecule has 98 valence electrons. The van der Waals surface area contributed by atoms with Gasteiger partial charge in [-0.25, -0.2) is 9.59 Å². The van der Waals surface area contributed by atoms with Gasteiger partial charge < -0.3 is 19.3 Å². The summed E-state index contributed by atoms with van der Waals surface area (Å²) in [7, 11) is 2.31. The molecule has 1 aliphatic carbocycles. The van der Waals surface area contributed by atoms with E-state index in [2.05, 4.69) is 9.47 Å². The molecule has 7 nitrogen and oxygen atoms in total. The molecule has 0 radical (unpaired) electrons. The van der Waals surface area contributed by atoms with Crippen LogP contribution in [0.2, 0.25) is 0 Å². The van der Waals surface area contributed by atoms with E-state index in [0.29, 0.717) is 0 Å². The van der Waals surface area contributed by atoms with Gasteiger partial charge >= 0.3 is 17.9 Å². The molecule has 2 bridgehead atoms. The first-order valence-corrected chi connectivity index (χ1v) is 5.25. The van der Waals surface area contributed by atoms with Gasteiger partial charge in [-0.1, -0.05) is 6.08 Å². The van der Waals surface area contributed by atoms with E-state index in [-0.39, 0.29) is 12.0 Å². The molecule has 3 atom stereocenters. The molecule has 2 rings (SSSR count). The molecule has 1 saturated heterocycles. The van der Waals surface area contributed by atoms with Gasteiger partial charge in [0, 0.05) is 6.42 Å². The minimum Gasteiger partial charge on any atom is -0.469 e. The van der Waals surface area contributed by atoms with Crippen molar-refractivity contribution in [3.63, 3.8) is 0 Å². The zero-order valence-electron chi connectivity index (χ0n) is 9.84. The molecule has 7 heteroatoms. The van der Waals surface area contributed by atoms with E-state index in [1.54, 1.807) is 0 Å². The molecule has 1 fully saturated rings. The Hall–Kier alpha value is -1.89. The van der Waals surface area contributed by atoms with Gasteiger partial charge in [0.05, 0.1) is 19.8 Å². The molecule has 18 heavy (non-hydrogen) atoms. The topological polar surface area (TPSA) is 99.1 Å². The predicted octanol–water partition coefficient (Wildman–Crippen LogP) is -1.06. The van der Waals surface area contributed by atoms with Crippen LogP contribution in [0, 0.1) is 5.92 Å². The number of carbonyl (C=O) groups is 3. The fourth-order valence-corrected chi connectivity index (χ4v) is 2.26. The Labute approximate surface area is 102 Å². The van der Waals surface area contributed by atoms with Crippen molar-refractivity contribution in [2.45, 2.75) is 18.1 Å². The maximum atomic E-state index is 11.6. The van der Waals surface area contributed by atoms with Gasteiger partial charge in [0.25, 0.3) is 0 Å². The summed E-state index contributed by atoms with van der Waals surface area (Å²) in [6.07, 6.45) is 0.00375. The smallest absolute Gasteiger partial charge is 0.340 e. The highest BCUT2D eigenvalue weighted by molar-refractivity contribution is 5.98. The Morgan fingerprint density at radius 3 is 2.67 bits per heavy atom. The summed E-state index contributed by atoms with van der Waals surface area (Å²) in [4.78, 5) is 34.7. The zero-order chi connectivity index (χ0) is 13.5. The van der Waals surface area contributed by atoms with E-state index >= 15 is 0 Å². The van der Waals surface area contributed by atoms with Crippen LogP contribution in [0.5, 0.6) is 0 Å². The summed E-state index contributed by atoms with van der Waals surface area (Å²) in [6, 6.07) is 0. The summed E-state index contributed by atoms with van der Waals surface area (Å²) in [5, 5.41) is 10.2. The van der Waals surface area contributed by atoms with Crippen molar-refractivity contribution in [2.75, 3.05) is 14.2 Å². The highest BCUT2D eigenvalue weighted by atomic mass is 16.6. The summed E-state index contributed by atoms with van der Waals surface area (Å²) in [5.74, 6) is -3.68. The average molecular weight is 256 g/mol. The van der Waals surface area contributed by atoms with Crippen LogP contribution in [0.1, 0.15) is 6.42 Å². The van der Waals surface area contributed by atoms with Gasteiger partial charge in [0.2, 0.25) is 0 Å². The van der Waals surface area contributed by atoms with E-state index in [9.17, 15) is 19.5 Å². The molecule has 0 aromatic rings. The lowest BCUT2D eigenvalue weighted by Crippen LogP contribution is -2.49. The number of hydrogen-bond acceptors (Lipinski definition) is 7. The summed E-state index contributed by atoms with van der Waals surface area (Å²) in [6.45, 7) is 0. The lowest BCUT2D eigenvalue weighted by molar-refractivity contribution is -0.161. The molecule has 1 aliphatic heterocycles. The third-order valence-corrected chi connectivity index (χ3v) is 3.22. The monoisotopic (exact) mass is 256 g/mol. The van der Waals surface area contributed by atoms with Gasteiger partial charge in [0.1, 0.15) is 5.92 Å². The Morgan fingerprint density at radius 2 is 2.11 bits per heavy atom. The van der Waals surface area contributed by atoms with E-state index in [1.165, 1.54) is 13.2 Å². The standard InChI is InChI=1S/C11H12O7/c1-16-8(12)5-3-4-11(15)6(9(13)17-2)7(5)18-10(11)14/h3,6-7,15H,4H2,1-2H3. The highest BCUT2D eigenvalue weighted by Gasteiger charge is 2.64. The van der Waals surface area contributed by atoms with Gasteiger partial charge in [-0.15, -0.1) is 0 Å². The van der Waals surface area contributed by atoms with Gasteiger partial charge in [-0.3, -0.25) is 4.79 Å². The largest absolute Gasteiger partial charge is 0.469 e. The number of aliphatic hydroxyl groups is 1. The highest BCUT2D eigenvalue weighted by Crippen LogP contribution is 2.43. The number of rotatable bonds is 2. The molecule has 0 aromatic heterocycles. The number of fused-ring (bicyclic) bond motifs is 2. The molecule has 0 spiro atoms. The van der Waals surface area contributed by atoms with Crippen molar-refractivity contribution in [1.29, 1.82) is 0 Å². The summed E-state index contributed by atoms with van der Waals surface area (Å²) < 4.78 is 14.0. The summed E-state index contributed by atoms with van der Waals surface area (Å²) in [5.41, 5.74) is -1.92. The zero-order valence-corrected chi connectivity index (χ0v) is 9.84. The second-order valence-electron chi connectivity index (χ2n) is 4.11. The normalized spacial score (nSPS) is 33.5. The van der Waals surface area contributed by atoms with Crippen LogP contribution in [-0.2, 0) is 28.6 Å². The molecule has 0 saturated carbocycles. The number of ether oxygens (including phenoxy) is 3. The number of carbonyl (C=O) groups excluding carboxylic acids is 3. The van der Waals surface area contributed by atoms with Crippen LogP contribution in [-0.4, -0.2) is 48.9 Å². The van der Waals surface area contributed by atoms with Crippen LogP contribution in [0.25, 0.3) is 0 Å². The van der Waals surface area contributed by atoms with Crippen molar-refractivity contribution in [3.8, 4) is 0 Å². The first kappa shape index (κ1) is 12.6. The van der Waals surface area contributed by atoms with Crippen molar-refractivity contribution in [3.05, 3.63) is 11.6 Å². The Bertz CT molecular complexity index is 452. The maximum absolute atomic E-state index is 11.6. The average Bonchev–Trinajstić information content (AvgIpc) is 2.53. The van der Waals surface area contributed by atoms with Crippen LogP contribution in [0.15, 0.2) is 11.6 Å². The molecule has 0 amide bonds. The SMILES string of the molecule is COC(=O)C1=CCC2(O)C(=O)OC1C2C(=O)OC. The van der Waals surface area contributed by atoms with Crippen LogP contribution in [0.3, 0.4) is 0 Å². The quantitative estimate of drug-likeness (QED) is 0.496. The van der Waals surface area contributed by atoms with Crippen molar-refractivity contribution < 1.29 is 33.7 Å². The Balaban J connectivity index is 2.43. The van der Waals surface area contributed by atoms with E-state index in [4.69, 9.17) is 4.74 Å². The maximum Gasteiger partial charge on any atom is 0.340 e. The molecular weight excluding hydrogens is 244 g/mol. The second kappa shape index (κ2) is 4.09. The fraction of sp³-hybridized carbons (Fsp3) is 0.545. The molecule has 3 unspecified atom stereocenters. The van der Waals surface area contributed by atoms with Gasteiger partial charge in [-0.2, -0.15) is 0 Å². The second-order valence-corrected chi connectivity index (χ2v) is 4.11. The van der Waals surface area contributed by atoms with Crippen LogP contribution < -0.4 is 0 Å². The van der Waals surface area contributed by atoms with Gasteiger partial charge in [0.15, 0.2) is 11.7 Å².